The van der Waals surface area contributed by atoms with Crippen LogP contribution in [0.5, 0.6) is 5.75 Å². The highest BCUT2D eigenvalue weighted by molar-refractivity contribution is 7.80. The van der Waals surface area contributed by atoms with Crippen LogP contribution in [0, 0.1) is 0 Å². The van der Waals surface area contributed by atoms with Gasteiger partial charge in [0.15, 0.2) is 5.11 Å². The van der Waals surface area contributed by atoms with E-state index in [-0.39, 0.29) is 5.11 Å². The summed E-state index contributed by atoms with van der Waals surface area (Å²) in [7, 11) is 0. The van der Waals surface area contributed by atoms with Crippen LogP contribution in [0.15, 0.2) is 42.5 Å². The highest BCUT2D eigenvalue weighted by Crippen LogP contribution is 2.20. The third-order valence-electron chi connectivity index (χ3n) is 3.21. The normalized spacial score (nSPS) is 10.2. The molecule has 132 valence electrons. The molecule has 0 bridgehead atoms. The summed E-state index contributed by atoms with van der Waals surface area (Å²) in [5.41, 5.74) is 1.06. The van der Waals surface area contributed by atoms with Crippen LogP contribution in [0.2, 0.25) is 10.0 Å². The molecule has 2 N–H and O–H groups in total. The predicted octanol–water partition coefficient (Wildman–Crippen LogP) is 5.30. The maximum Gasteiger partial charge on any atom is 0.257 e. The van der Waals surface area contributed by atoms with Gasteiger partial charge in [0.1, 0.15) is 5.75 Å². The molecule has 0 aliphatic carbocycles. The first kappa shape index (κ1) is 19.5. The van der Waals surface area contributed by atoms with Crippen LogP contribution in [0.1, 0.15) is 30.1 Å². The number of carbonyl (C=O) groups excluding carboxylic acids is 1. The van der Waals surface area contributed by atoms with Gasteiger partial charge in [0.25, 0.3) is 5.91 Å². The molecule has 25 heavy (non-hydrogen) atoms. The lowest BCUT2D eigenvalue weighted by Gasteiger charge is -2.11. The van der Waals surface area contributed by atoms with Crippen LogP contribution in [-0.4, -0.2) is 17.6 Å². The number of hydrogen-bond donors (Lipinski definition) is 2. The van der Waals surface area contributed by atoms with Crippen molar-refractivity contribution >= 4 is 52.1 Å². The highest BCUT2D eigenvalue weighted by Gasteiger charge is 2.10. The molecule has 0 heterocycles. The smallest absolute Gasteiger partial charge is 0.257 e. The first-order valence-corrected chi connectivity index (χ1v) is 8.95. The van der Waals surface area contributed by atoms with Gasteiger partial charge in [-0.3, -0.25) is 10.1 Å². The molecule has 0 aliphatic rings. The van der Waals surface area contributed by atoms with Crippen molar-refractivity contribution in [2.45, 2.75) is 19.8 Å². The van der Waals surface area contributed by atoms with Gasteiger partial charge in [0, 0.05) is 27.4 Å². The Morgan fingerprint density at radius 1 is 1.16 bits per heavy atom. The largest absolute Gasteiger partial charge is 0.494 e. The molecule has 2 aromatic carbocycles. The van der Waals surface area contributed by atoms with Crippen molar-refractivity contribution in [1.82, 2.24) is 5.32 Å². The molecule has 0 unspecified atom stereocenters. The molecule has 0 fully saturated rings. The number of ether oxygens (including phenoxy) is 1. The molecular weight excluding hydrogens is 379 g/mol. The number of amides is 1. The van der Waals surface area contributed by atoms with Gasteiger partial charge in [-0.1, -0.05) is 42.6 Å². The second-order valence-electron chi connectivity index (χ2n) is 5.30. The lowest BCUT2D eigenvalue weighted by molar-refractivity contribution is 0.0977. The van der Waals surface area contributed by atoms with Crippen LogP contribution < -0.4 is 15.4 Å². The quantitative estimate of drug-likeness (QED) is 0.513. The maximum atomic E-state index is 12.2. The second kappa shape index (κ2) is 9.61. The van der Waals surface area contributed by atoms with Crippen molar-refractivity contribution in [2.24, 2.45) is 0 Å². The molecular formula is C18H18Cl2N2O2S. The molecule has 0 saturated heterocycles. The number of thiocarbonyl (C=S) groups is 1. The van der Waals surface area contributed by atoms with Crippen molar-refractivity contribution in [3.8, 4) is 5.75 Å². The number of carbonyl (C=O) groups is 1. The molecule has 0 aromatic heterocycles. The predicted molar refractivity (Wildman–Crippen MR) is 107 cm³/mol. The van der Waals surface area contributed by atoms with Gasteiger partial charge in [-0.2, -0.15) is 0 Å². The minimum atomic E-state index is -0.391. The third kappa shape index (κ3) is 6.53. The molecule has 0 aliphatic heterocycles. The lowest BCUT2D eigenvalue weighted by atomic mass is 10.2. The molecule has 0 radical (unpaired) electrons. The van der Waals surface area contributed by atoms with Crippen molar-refractivity contribution in [3.63, 3.8) is 0 Å². The van der Waals surface area contributed by atoms with E-state index in [9.17, 15) is 4.79 Å². The Balaban J connectivity index is 1.95. The number of unbranched alkanes of at least 4 members (excludes halogenated alkanes) is 1. The fraction of sp³-hybridized carbons (Fsp3) is 0.222. The summed E-state index contributed by atoms with van der Waals surface area (Å²) >= 11 is 17.0. The molecule has 2 rings (SSSR count). The SMILES string of the molecule is CCCCOc1cccc(NC(=S)NC(=O)c2cc(Cl)cc(Cl)c2)c1. The number of anilines is 1. The zero-order chi connectivity index (χ0) is 18.2. The van der Waals surface area contributed by atoms with E-state index in [2.05, 4.69) is 17.6 Å². The van der Waals surface area contributed by atoms with Gasteiger partial charge in [-0.05, 0) is 49.0 Å². The second-order valence-corrected chi connectivity index (χ2v) is 6.58. The van der Waals surface area contributed by atoms with Gasteiger partial charge in [0.2, 0.25) is 0 Å². The molecule has 0 atom stereocenters. The molecule has 2 aromatic rings. The zero-order valence-corrected chi connectivity index (χ0v) is 16.0. The average molecular weight is 397 g/mol. The summed E-state index contributed by atoms with van der Waals surface area (Å²) in [6.45, 7) is 2.77. The van der Waals surface area contributed by atoms with Crippen LogP contribution in [0.4, 0.5) is 5.69 Å². The topological polar surface area (TPSA) is 50.4 Å². The molecule has 7 heteroatoms. The van der Waals surface area contributed by atoms with Crippen molar-refractivity contribution < 1.29 is 9.53 Å². The van der Waals surface area contributed by atoms with E-state index in [4.69, 9.17) is 40.2 Å². The Bertz CT molecular complexity index is 748. The van der Waals surface area contributed by atoms with Crippen LogP contribution in [0.3, 0.4) is 0 Å². The van der Waals surface area contributed by atoms with Crippen LogP contribution in [0.25, 0.3) is 0 Å². The third-order valence-corrected chi connectivity index (χ3v) is 3.85. The summed E-state index contributed by atoms with van der Waals surface area (Å²) in [6.07, 6.45) is 2.07. The number of nitrogens with one attached hydrogen (secondary N) is 2. The summed E-state index contributed by atoms with van der Waals surface area (Å²) in [5, 5.41) is 6.49. The fourth-order valence-electron chi connectivity index (χ4n) is 2.02. The summed E-state index contributed by atoms with van der Waals surface area (Å²) < 4.78 is 5.65. The Morgan fingerprint density at radius 2 is 1.88 bits per heavy atom. The van der Waals surface area contributed by atoms with Crippen molar-refractivity contribution in [3.05, 3.63) is 58.1 Å². The van der Waals surface area contributed by atoms with Crippen molar-refractivity contribution in [1.29, 1.82) is 0 Å². The first-order chi connectivity index (χ1) is 12.0. The molecule has 0 spiro atoms. The minimum absolute atomic E-state index is 0.173. The summed E-state index contributed by atoms with van der Waals surface area (Å²) in [5.74, 6) is 0.353. The summed E-state index contributed by atoms with van der Waals surface area (Å²) in [6, 6.07) is 12.0. The van der Waals surface area contributed by atoms with E-state index >= 15 is 0 Å². The zero-order valence-electron chi connectivity index (χ0n) is 13.6. The van der Waals surface area contributed by atoms with E-state index < -0.39 is 5.91 Å². The van der Waals surface area contributed by atoms with Crippen LogP contribution in [-0.2, 0) is 0 Å². The Kier molecular flexibility index (Phi) is 7.50. The number of hydrogen-bond acceptors (Lipinski definition) is 3. The van der Waals surface area contributed by atoms with Gasteiger partial charge >= 0.3 is 0 Å². The van der Waals surface area contributed by atoms with Gasteiger partial charge in [-0.25, -0.2) is 0 Å². The fourth-order valence-corrected chi connectivity index (χ4v) is 2.76. The Labute approximate surface area is 162 Å². The molecule has 4 nitrogen and oxygen atoms in total. The number of rotatable bonds is 6. The lowest BCUT2D eigenvalue weighted by Crippen LogP contribution is -2.34. The number of benzene rings is 2. The average Bonchev–Trinajstić information content (AvgIpc) is 2.54. The number of halogens is 2. The Hall–Kier alpha value is -1.82. The molecule has 0 saturated carbocycles. The van der Waals surface area contributed by atoms with Gasteiger partial charge in [-0.15, -0.1) is 0 Å². The first-order valence-electron chi connectivity index (χ1n) is 7.79. The van der Waals surface area contributed by atoms with Gasteiger partial charge < -0.3 is 10.1 Å². The van der Waals surface area contributed by atoms with E-state index in [1.807, 2.05) is 24.3 Å². The Morgan fingerprint density at radius 3 is 2.56 bits per heavy atom. The van der Waals surface area contributed by atoms with Gasteiger partial charge in [0.05, 0.1) is 6.61 Å². The van der Waals surface area contributed by atoms with Crippen molar-refractivity contribution in [2.75, 3.05) is 11.9 Å². The highest BCUT2D eigenvalue weighted by atomic mass is 35.5. The molecule has 1 amide bonds. The maximum absolute atomic E-state index is 12.2. The van der Waals surface area contributed by atoms with E-state index in [1.165, 1.54) is 12.1 Å². The monoisotopic (exact) mass is 396 g/mol. The van der Waals surface area contributed by atoms with Crippen LogP contribution >= 0.6 is 35.4 Å². The standard InChI is InChI=1S/C18H18Cl2N2O2S/c1-2-3-7-24-16-6-4-5-15(11-16)21-18(25)22-17(23)12-8-13(19)10-14(20)9-12/h4-6,8-11H,2-3,7H2,1H3,(H2,21,22,23,25). The summed E-state index contributed by atoms with van der Waals surface area (Å²) in [4.78, 5) is 12.2. The van der Waals surface area contributed by atoms with E-state index in [1.54, 1.807) is 6.07 Å². The minimum Gasteiger partial charge on any atom is -0.494 e. The van der Waals surface area contributed by atoms with E-state index in [0.29, 0.717) is 22.2 Å². The van der Waals surface area contributed by atoms with E-state index in [0.717, 1.165) is 24.3 Å².